The third-order valence-corrected chi connectivity index (χ3v) is 8.21. The van der Waals surface area contributed by atoms with Gasteiger partial charge in [-0.05, 0) is 47.8 Å². The van der Waals surface area contributed by atoms with E-state index in [-0.39, 0.29) is 23.5 Å². The highest BCUT2D eigenvalue weighted by atomic mass is 32.2. The predicted molar refractivity (Wildman–Crippen MR) is 129 cm³/mol. The number of fused-ring (bicyclic) bond motifs is 2. The number of pyridine rings is 1. The van der Waals surface area contributed by atoms with Crippen molar-refractivity contribution >= 4 is 32.3 Å². The first kappa shape index (κ1) is 22.5. The SMILES string of the molecule is COc1ccc(S(=O)(=O)N(Cc2cccs2)Cc2cc3cc4c(cc3[nH]c2=O)OCCO4)cc1. The zero-order valence-corrected chi connectivity index (χ0v) is 19.9. The van der Waals surface area contributed by atoms with Crippen LogP contribution in [-0.4, -0.2) is 38.0 Å². The number of methoxy groups -OCH3 is 1. The molecule has 10 heteroatoms. The average molecular weight is 499 g/mol. The molecule has 0 radical (unpaired) electrons. The van der Waals surface area contributed by atoms with Crippen molar-refractivity contribution in [1.29, 1.82) is 0 Å². The van der Waals surface area contributed by atoms with E-state index >= 15 is 0 Å². The Morgan fingerprint density at radius 1 is 1.03 bits per heavy atom. The van der Waals surface area contributed by atoms with Gasteiger partial charge in [-0.15, -0.1) is 11.3 Å². The summed E-state index contributed by atoms with van der Waals surface area (Å²) in [7, 11) is -2.38. The maximum absolute atomic E-state index is 13.6. The Balaban J connectivity index is 1.54. The van der Waals surface area contributed by atoms with Crippen LogP contribution in [0.3, 0.4) is 0 Å². The summed E-state index contributed by atoms with van der Waals surface area (Å²) in [5.74, 6) is 1.73. The number of aromatic nitrogens is 1. The van der Waals surface area contributed by atoms with Gasteiger partial charge >= 0.3 is 0 Å². The van der Waals surface area contributed by atoms with Crippen LogP contribution in [0.15, 0.2) is 69.7 Å². The van der Waals surface area contributed by atoms with Gasteiger partial charge in [0.05, 0.1) is 17.5 Å². The van der Waals surface area contributed by atoms with Crippen LogP contribution in [0.25, 0.3) is 10.9 Å². The van der Waals surface area contributed by atoms with Crippen molar-refractivity contribution in [2.75, 3.05) is 20.3 Å². The Morgan fingerprint density at radius 3 is 2.44 bits per heavy atom. The zero-order chi connectivity index (χ0) is 23.7. The van der Waals surface area contributed by atoms with Gasteiger partial charge < -0.3 is 19.2 Å². The first-order chi connectivity index (χ1) is 16.4. The second kappa shape index (κ2) is 9.13. The maximum Gasteiger partial charge on any atom is 0.252 e. The molecule has 5 rings (SSSR count). The van der Waals surface area contributed by atoms with Crippen molar-refractivity contribution < 1.29 is 22.6 Å². The highest BCUT2D eigenvalue weighted by molar-refractivity contribution is 7.89. The molecular formula is C24H22N2O6S2. The minimum absolute atomic E-state index is 0.0913. The molecule has 0 saturated heterocycles. The molecule has 176 valence electrons. The Morgan fingerprint density at radius 2 is 1.76 bits per heavy atom. The standard InChI is InChI=1S/C24H22N2O6S2/c1-30-18-4-6-20(7-5-18)34(28,29)26(15-19-3-2-10-33-19)14-17-11-16-12-22-23(32-9-8-31-22)13-21(16)25-24(17)27/h2-7,10-13H,8-9,14-15H2,1H3,(H,25,27). The van der Waals surface area contributed by atoms with E-state index in [0.29, 0.717) is 41.5 Å². The summed E-state index contributed by atoms with van der Waals surface area (Å²) in [5, 5.41) is 2.62. The van der Waals surface area contributed by atoms with E-state index < -0.39 is 10.0 Å². The van der Waals surface area contributed by atoms with Crippen molar-refractivity contribution in [2.24, 2.45) is 0 Å². The lowest BCUT2D eigenvalue weighted by molar-refractivity contribution is 0.172. The van der Waals surface area contributed by atoms with Crippen LogP contribution < -0.4 is 19.8 Å². The highest BCUT2D eigenvalue weighted by Crippen LogP contribution is 2.34. The molecule has 2 aromatic heterocycles. The number of aromatic amines is 1. The number of nitrogens with one attached hydrogen (secondary N) is 1. The third kappa shape index (κ3) is 4.39. The fourth-order valence-corrected chi connectivity index (χ4v) is 5.99. The minimum atomic E-state index is -3.90. The van der Waals surface area contributed by atoms with Crippen LogP contribution in [0, 0.1) is 0 Å². The summed E-state index contributed by atoms with van der Waals surface area (Å²) in [6, 6.07) is 15.2. The Bertz CT molecular complexity index is 1480. The zero-order valence-electron chi connectivity index (χ0n) is 18.3. The second-order valence-corrected chi connectivity index (χ2v) is 10.7. The molecule has 1 aliphatic heterocycles. The fraction of sp³-hybridized carbons (Fsp3) is 0.208. The molecule has 34 heavy (non-hydrogen) atoms. The van der Waals surface area contributed by atoms with Gasteiger partial charge in [0, 0.05) is 35.0 Å². The summed E-state index contributed by atoms with van der Waals surface area (Å²) in [6.07, 6.45) is 0. The number of H-pyrrole nitrogens is 1. The smallest absolute Gasteiger partial charge is 0.252 e. The molecule has 0 atom stereocenters. The number of nitrogens with zero attached hydrogens (tertiary/aromatic N) is 1. The molecule has 0 bridgehead atoms. The number of sulfonamides is 1. The molecule has 3 heterocycles. The Labute approximate surface area is 200 Å². The number of hydrogen-bond donors (Lipinski definition) is 1. The third-order valence-electron chi connectivity index (χ3n) is 5.54. The lowest BCUT2D eigenvalue weighted by Crippen LogP contribution is -2.32. The van der Waals surface area contributed by atoms with E-state index in [1.165, 1.54) is 34.9 Å². The molecule has 1 N–H and O–H groups in total. The molecule has 0 aliphatic carbocycles. The molecule has 2 aromatic carbocycles. The lowest BCUT2D eigenvalue weighted by atomic mass is 10.1. The largest absolute Gasteiger partial charge is 0.497 e. The topological polar surface area (TPSA) is 97.9 Å². The molecule has 0 spiro atoms. The first-order valence-electron chi connectivity index (χ1n) is 10.6. The van der Waals surface area contributed by atoms with Gasteiger partial charge in [-0.25, -0.2) is 8.42 Å². The molecule has 4 aromatic rings. The van der Waals surface area contributed by atoms with E-state index in [1.807, 2.05) is 17.5 Å². The van der Waals surface area contributed by atoms with Crippen LogP contribution in [0.4, 0.5) is 0 Å². The van der Waals surface area contributed by atoms with Gasteiger partial charge in [0.25, 0.3) is 5.56 Å². The molecule has 1 aliphatic rings. The molecule has 8 nitrogen and oxygen atoms in total. The quantitative estimate of drug-likeness (QED) is 0.417. The number of rotatable bonds is 7. The summed E-state index contributed by atoms with van der Waals surface area (Å²) in [4.78, 5) is 16.8. The lowest BCUT2D eigenvalue weighted by Gasteiger charge is -2.22. The highest BCUT2D eigenvalue weighted by Gasteiger charge is 2.27. The van der Waals surface area contributed by atoms with Gasteiger partial charge in [-0.2, -0.15) is 4.31 Å². The second-order valence-electron chi connectivity index (χ2n) is 7.73. The van der Waals surface area contributed by atoms with E-state index in [2.05, 4.69) is 4.98 Å². The fourth-order valence-electron chi connectivity index (χ4n) is 3.79. The van der Waals surface area contributed by atoms with Crippen LogP contribution in [0.1, 0.15) is 10.4 Å². The summed E-state index contributed by atoms with van der Waals surface area (Å²) in [5.41, 5.74) is 0.573. The first-order valence-corrected chi connectivity index (χ1v) is 12.9. The van der Waals surface area contributed by atoms with E-state index in [0.717, 1.165) is 10.3 Å². The van der Waals surface area contributed by atoms with Crippen molar-refractivity contribution in [2.45, 2.75) is 18.0 Å². The van der Waals surface area contributed by atoms with E-state index in [4.69, 9.17) is 14.2 Å². The van der Waals surface area contributed by atoms with Crippen molar-refractivity contribution in [3.63, 3.8) is 0 Å². The van der Waals surface area contributed by atoms with Crippen molar-refractivity contribution in [1.82, 2.24) is 9.29 Å². The van der Waals surface area contributed by atoms with Crippen molar-refractivity contribution in [3.05, 3.63) is 80.8 Å². The predicted octanol–water partition coefficient (Wildman–Crippen LogP) is 3.76. The average Bonchev–Trinajstić information content (AvgIpc) is 3.36. The summed E-state index contributed by atoms with van der Waals surface area (Å²) in [6.45, 7) is 0.946. The van der Waals surface area contributed by atoms with Crippen LogP contribution >= 0.6 is 11.3 Å². The minimum Gasteiger partial charge on any atom is -0.497 e. The van der Waals surface area contributed by atoms with Gasteiger partial charge in [0.2, 0.25) is 10.0 Å². The number of benzene rings is 2. The summed E-state index contributed by atoms with van der Waals surface area (Å²) >= 11 is 1.46. The van der Waals surface area contributed by atoms with Gasteiger partial charge in [0.15, 0.2) is 11.5 Å². The molecule has 0 amide bonds. The molecular weight excluding hydrogens is 476 g/mol. The normalized spacial score (nSPS) is 13.4. The van der Waals surface area contributed by atoms with Gasteiger partial charge in [0.1, 0.15) is 19.0 Å². The van der Waals surface area contributed by atoms with Gasteiger partial charge in [-0.3, -0.25) is 4.79 Å². The number of hydrogen-bond acceptors (Lipinski definition) is 7. The van der Waals surface area contributed by atoms with Crippen molar-refractivity contribution in [3.8, 4) is 17.2 Å². The Hall–Kier alpha value is -3.34. The molecule has 0 saturated carbocycles. The Kier molecular flexibility index (Phi) is 6.03. The maximum atomic E-state index is 13.6. The van der Waals surface area contributed by atoms with Crippen LogP contribution in [0.2, 0.25) is 0 Å². The number of ether oxygens (including phenoxy) is 3. The monoisotopic (exact) mass is 498 g/mol. The van der Waals surface area contributed by atoms with E-state index in [9.17, 15) is 13.2 Å². The molecule has 0 unspecified atom stereocenters. The van der Waals surface area contributed by atoms with Crippen LogP contribution in [0.5, 0.6) is 17.2 Å². The molecule has 0 fully saturated rings. The van der Waals surface area contributed by atoms with Crippen LogP contribution in [-0.2, 0) is 23.1 Å². The number of thiophene rings is 1. The summed E-state index contributed by atoms with van der Waals surface area (Å²) < 4.78 is 44.8. The van der Waals surface area contributed by atoms with E-state index in [1.54, 1.807) is 30.3 Å². The van der Waals surface area contributed by atoms with Gasteiger partial charge in [-0.1, -0.05) is 6.07 Å².